The highest BCUT2D eigenvalue weighted by molar-refractivity contribution is 5.26. The minimum absolute atomic E-state index is 0.781. The van der Waals surface area contributed by atoms with Crippen molar-refractivity contribution in [3.63, 3.8) is 0 Å². The lowest BCUT2D eigenvalue weighted by Gasteiger charge is -2.26. The smallest absolute Gasteiger partial charge is 0.119 e. The van der Waals surface area contributed by atoms with Crippen molar-refractivity contribution in [2.45, 2.75) is 6.92 Å². The average Bonchev–Trinajstić information content (AvgIpc) is 2.33. The highest BCUT2D eigenvalue weighted by Crippen LogP contribution is 2.11. The Hall–Kier alpha value is -1.06. The minimum Gasteiger partial charge on any atom is -0.492 e. The van der Waals surface area contributed by atoms with E-state index in [0.717, 1.165) is 45.1 Å². The molecule has 2 rings (SSSR count). The molecule has 0 saturated carbocycles. The predicted octanol–water partition coefficient (Wildman–Crippen LogP) is 1.28. The van der Waals surface area contributed by atoms with E-state index in [2.05, 4.69) is 29.3 Å². The molecule has 3 heteroatoms. The third kappa shape index (κ3) is 3.51. The first-order valence-corrected chi connectivity index (χ1v) is 5.97. The fourth-order valence-corrected chi connectivity index (χ4v) is 1.86. The van der Waals surface area contributed by atoms with E-state index in [1.54, 1.807) is 0 Å². The lowest BCUT2D eigenvalue weighted by atomic mass is 10.2. The van der Waals surface area contributed by atoms with Gasteiger partial charge in [0.05, 0.1) is 0 Å². The topological polar surface area (TPSA) is 24.5 Å². The molecule has 88 valence electrons. The highest BCUT2D eigenvalue weighted by atomic mass is 16.5. The van der Waals surface area contributed by atoms with Crippen molar-refractivity contribution in [3.05, 3.63) is 29.8 Å². The van der Waals surface area contributed by atoms with Gasteiger partial charge in [0.25, 0.3) is 0 Å². The van der Waals surface area contributed by atoms with Crippen molar-refractivity contribution in [1.29, 1.82) is 0 Å². The molecule has 0 radical (unpaired) electrons. The molecule has 1 aliphatic heterocycles. The standard InChI is InChI=1S/C13H20N2O/c1-12-2-4-13(5-3-12)16-11-10-15-8-6-14-7-9-15/h2-5,14H,6-11H2,1H3. The summed E-state index contributed by atoms with van der Waals surface area (Å²) in [5, 5.41) is 3.35. The van der Waals surface area contributed by atoms with Gasteiger partial charge < -0.3 is 10.1 Å². The summed E-state index contributed by atoms with van der Waals surface area (Å²) in [5.74, 6) is 0.973. The van der Waals surface area contributed by atoms with Crippen LogP contribution < -0.4 is 10.1 Å². The fraction of sp³-hybridized carbons (Fsp3) is 0.538. The zero-order valence-electron chi connectivity index (χ0n) is 9.91. The van der Waals surface area contributed by atoms with Crippen LogP contribution in [0.2, 0.25) is 0 Å². The Balaban J connectivity index is 1.69. The Morgan fingerprint density at radius 3 is 2.56 bits per heavy atom. The molecule has 0 amide bonds. The van der Waals surface area contributed by atoms with E-state index >= 15 is 0 Å². The van der Waals surface area contributed by atoms with Crippen LogP contribution in [0, 0.1) is 6.92 Å². The highest BCUT2D eigenvalue weighted by Gasteiger charge is 2.08. The van der Waals surface area contributed by atoms with Gasteiger partial charge in [-0.1, -0.05) is 17.7 Å². The molecule has 1 heterocycles. The Bertz CT molecular complexity index is 304. The summed E-state index contributed by atoms with van der Waals surface area (Å²) in [6.07, 6.45) is 0. The maximum atomic E-state index is 5.70. The molecule has 1 N–H and O–H groups in total. The molecule has 1 aliphatic rings. The van der Waals surface area contributed by atoms with Gasteiger partial charge in [-0.15, -0.1) is 0 Å². The van der Waals surface area contributed by atoms with E-state index < -0.39 is 0 Å². The molecule has 0 unspecified atom stereocenters. The predicted molar refractivity (Wildman–Crippen MR) is 66.0 cm³/mol. The van der Waals surface area contributed by atoms with Crippen LogP contribution in [0.4, 0.5) is 0 Å². The molecule has 0 atom stereocenters. The van der Waals surface area contributed by atoms with Gasteiger partial charge in [0.1, 0.15) is 12.4 Å². The number of ether oxygens (including phenoxy) is 1. The second-order valence-corrected chi connectivity index (χ2v) is 4.25. The van der Waals surface area contributed by atoms with Crippen LogP contribution in [0.25, 0.3) is 0 Å². The Labute approximate surface area is 97.4 Å². The summed E-state index contributed by atoms with van der Waals surface area (Å²) in [4.78, 5) is 2.44. The Morgan fingerprint density at radius 2 is 1.88 bits per heavy atom. The number of benzene rings is 1. The molecular formula is C13H20N2O. The molecule has 0 bridgehead atoms. The van der Waals surface area contributed by atoms with Gasteiger partial charge >= 0.3 is 0 Å². The number of nitrogens with zero attached hydrogens (tertiary/aromatic N) is 1. The molecular weight excluding hydrogens is 200 g/mol. The van der Waals surface area contributed by atoms with Gasteiger partial charge in [-0.05, 0) is 19.1 Å². The summed E-state index contributed by atoms with van der Waals surface area (Å²) in [5.41, 5.74) is 1.27. The van der Waals surface area contributed by atoms with Crippen molar-refractivity contribution in [2.24, 2.45) is 0 Å². The lowest BCUT2D eigenvalue weighted by Crippen LogP contribution is -2.44. The molecule has 0 spiro atoms. The monoisotopic (exact) mass is 220 g/mol. The van der Waals surface area contributed by atoms with E-state index in [0.29, 0.717) is 0 Å². The largest absolute Gasteiger partial charge is 0.492 e. The van der Waals surface area contributed by atoms with E-state index in [1.165, 1.54) is 5.56 Å². The number of nitrogens with one attached hydrogen (secondary N) is 1. The third-order valence-corrected chi connectivity index (χ3v) is 2.91. The van der Waals surface area contributed by atoms with Gasteiger partial charge in [0.2, 0.25) is 0 Å². The van der Waals surface area contributed by atoms with E-state index in [-0.39, 0.29) is 0 Å². The van der Waals surface area contributed by atoms with Crippen LogP contribution in [0.15, 0.2) is 24.3 Å². The second kappa shape index (κ2) is 5.87. The van der Waals surface area contributed by atoms with Gasteiger partial charge in [0.15, 0.2) is 0 Å². The summed E-state index contributed by atoms with van der Waals surface area (Å²) in [6.45, 7) is 8.37. The van der Waals surface area contributed by atoms with Crippen LogP contribution in [0.3, 0.4) is 0 Å². The van der Waals surface area contributed by atoms with E-state index in [4.69, 9.17) is 4.74 Å². The molecule has 3 nitrogen and oxygen atoms in total. The number of aryl methyl sites for hydroxylation is 1. The first-order valence-electron chi connectivity index (χ1n) is 5.97. The van der Waals surface area contributed by atoms with Crippen LogP contribution in [-0.4, -0.2) is 44.2 Å². The first-order chi connectivity index (χ1) is 7.84. The van der Waals surface area contributed by atoms with Gasteiger partial charge in [-0.25, -0.2) is 0 Å². The van der Waals surface area contributed by atoms with Crippen LogP contribution in [0.5, 0.6) is 5.75 Å². The van der Waals surface area contributed by atoms with Gasteiger partial charge in [0, 0.05) is 32.7 Å². The SMILES string of the molecule is Cc1ccc(OCCN2CCNCC2)cc1. The van der Waals surface area contributed by atoms with Crippen molar-refractivity contribution < 1.29 is 4.74 Å². The first kappa shape index (κ1) is 11.4. The average molecular weight is 220 g/mol. The second-order valence-electron chi connectivity index (χ2n) is 4.25. The van der Waals surface area contributed by atoms with Crippen molar-refractivity contribution in [3.8, 4) is 5.75 Å². The van der Waals surface area contributed by atoms with Crippen LogP contribution in [-0.2, 0) is 0 Å². The number of piperazine rings is 1. The quantitative estimate of drug-likeness (QED) is 0.827. The van der Waals surface area contributed by atoms with Gasteiger partial charge in [-0.3, -0.25) is 4.90 Å². The number of rotatable bonds is 4. The number of hydrogen-bond donors (Lipinski definition) is 1. The van der Waals surface area contributed by atoms with Crippen LogP contribution >= 0.6 is 0 Å². The molecule has 16 heavy (non-hydrogen) atoms. The van der Waals surface area contributed by atoms with Gasteiger partial charge in [-0.2, -0.15) is 0 Å². The van der Waals surface area contributed by atoms with Crippen molar-refractivity contribution >= 4 is 0 Å². The summed E-state index contributed by atoms with van der Waals surface area (Å²) in [7, 11) is 0. The van der Waals surface area contributed by atoms with Crippen molar-refractivity contribution in [1.82, 2.24) is 10.2 Å². The lowest BCUT2D eigenvalue weighted by molar-refractivity contribution is 0.191. The summed E-state index contributed by atoms with van der Waals surface area (Å²) in [6, 6.07) is 8.24. The maximum Gasteiger partial charge on any atom is 0.119 e. The zero-order chi connectivity index (χ0) is 11.2. The Morgan fingerprint density at radius 1 is 1.19 bits per heavy atom. The minimum atomic E-state index is 0.781. The molecule has 0 aromatic heterocycles. The van der Waals surface area contributed by atoms with E-state index in [1.807, 2.05) is 12.1 Å². The Kier molecular flexibility index (Phi) is 4.19. The third-order valence-electron chi connectivity index (χ3n) is 2.91. The maximum absolute atomic E-state index is 5.70. The normalized spacial score (nSPS) is 17.3. The van der Waals surface area contributed by atoms with E-state index in [9.17, 15) is 0 Å². The molecule has 0 aliphatic carbocycles. The molecule has 1 aromatic carbocycles. The number of hydrogen-bond acceptors (Lipinski definition) is 3. The van der Waals surface area contributed by atoms with Crippen LogP contribution in [0.1, 0.15) is 5.56 Å². The molecule has 1 aromatic rings. The summed E-state index contributed by atoms with van der Waals surface area (Å²) >= 11 is 0. The molecule has 1 fully saturated rings. The molecule has 1 saturated heterocycles. The zero-order valence-corrected chi connectivity index (χ0v) is 9.91. The van der Waals surface area contributed by atoms with Crippen molar-refractivity contribution in [2.75, 3.05) is 39.3 Å². The fourth-order valence-electron chi connectivity index (χ4n) is 1.86. The summed E-state index contributed by atoms with van der Waals surface area (Å²) < 4.78 is 5.70.